The van der Waals surface area contributed by atoms with Gasteiger partial charge in [-0.15, -0.1) is 5.10 Å². The van der Waals surface area contributed by atoms with Gasteiger partial charge in [-0.3, -0.25) is 19.3 Å². The minimum Gasteiger partial charge on any atom is -0.493 e. The number of sulfonamides is 1. The number of aromatic nitrogens is 4. The minimum atomic E-state index is -3.82. The first-order chi connectivity index (χ1) is 19.8. The standard InChI is InChI=1S/C28H37N7O5S/c1-4-19-40-24-10-9-21(41(38,39)34-15-13-32(14-16-34)17-18-36)20-22(24)27-29-25-23(5-2)35(33-11-7-6-8-12-33)30-26(25)28(37)31(27)3/h6-11,20,36H,4-5,12-19H2,1-3H3. The van der Waals surface area contributed by atoms with Crippen molar-refractivity contribution in [3.8, 4) is 17.1 Å². The summed E-state index contributed by atoms with van der Waals surface area (Å²) < 4.78 is 36.3. The van der Waals surface area contributed by atoms with Crippen molar-refractivity contribution in [3.63, 3.8) is 0 Å². The largest absolute Gasteiger partial charge is 0.493 e. The van der Waals surface area contributed by atoms with E-state index >= 15 is 0 Å². The van der Waals surface area contributed by atoms with Gasteiger partial charge in [0.05, 0.1) is 35.9 Å². The number of piperazine rings is 1. The predicted molar refractivity (Wildman–Crippen MR) is 157 cm³/mol. The highest BCUT2D eigenvalue weighted by Gasteiger charge is 2.30. The lowest BCUT2D eigenvalue weighted by molar-refractivity contribution is 0.151. The number of hydrogen-bond donors (Lipinski definition) is 1. The van der Waals surface area contributed by atoms with Gasteiger partial charge < -0.3 is 9.84 Å². The Bertz CT molecular complexity index is 1640. The Morgan fingerprint density at radius 3 is 2.51 bits per heavy atom. The average molecular weight is 584 g/mol. The zero-order valence-electron chi connectivity index (χ0n) is 23.7. The van der Waals surface area contributed by atoms with Crippen LogP contribution in [0.4, 0.5) is 0 Å². The molecule has 0 unspecified atom stereocenters. The second kappa shape index (κ2) is 12.1. The third kappa shape index (κ3) is 5.54. The summed E-state index contributed by atoms with van der Waals surface area (Å²) in [6.45, 7) is 7.30. The summed E-state index contributed by atoms with van der Waals surface area (Å²) in [7, 11) is -2.21. The topological polar surface area (TPSA) is 126 Å². The fourth-order valence-corrected chi connectivity index (χ4v) is 6.61. The number of aliphatic hydroxyl groups excluding tert-OH is 1. The van der Waals surface area contributed by atoms with Crippen LogP contribution < -0.4 is 15.3 Å². The number of hydrogen-bond acceptors (Lipinski definition) is 9. The van der Waals surface area contributed by atoms with Gasteiger partial charge in [0.25, 0.3) is 5.56 Å². The van der Waals surface area contributed by atoms with E-state index in [2.05, 4.69) is 5.10 Å². The number of β-amino-alcohol motifs (C(OH)–C–C–N with tert-alkyl or cyclic N) is 1. The van der Waals surface area contributed by atoms with Crippen molar-refractivity contribution in [1.82, 2.24) is 28.6 Å². The van der Waals surface area contributed by atoms with Crippen molar-refractivity contribution >= 4 is 21.1 Å². The molecular formula is C28H37N7O5S. The molecule has 0 saturated carbocycles. The Morgan fingerprint density at radius 2 is 1.85 bits per heavy atom. The quantitative estimate of drug-likeness (QED) is 0.378. The number of allylic oxidation sites excluding steroid dienone is 2. The van der Waals surface area contributed by atoms with Crippen molar-refractivity contribution in [3.05, 3.63) is 58.7 Å². The molecule has 1 fully saturated rings. The van der Waals surface area contributed by atoms with E-state index in [9.17, 15) is 18.3 Å². The van der Waals surface area contributed by atoms with Crippen molar-refractivity contribution in [2.75, 3.05) is 57.5 Å². The molecule has 0 aliphatic carbocycles. The minimum absolute atomic E-state index is 0.0375. The monoisotopic (exact) mass is 583 g/mol. The summed E-state index contributed by atoms with van der Waals surface area (Å²) in [6.07, 6.45) is 9.09. The maximum Gasteiger partial charge on any atom is 0.282 e. The Hall–Kier alpha value is -3.52. The SMILES string of the molecule is CCCOc1ccc(S(=O)(=O)N2CCN(CCO)CC2)cc1-c1nc2c(CC)n(N3C=CC=CC3)nc2c(=O)n1C. The molecule has 3 aromatic rings. The molecule has 2 aliphatic rings. The zero-order valence-corrected chi connectivity index (χ0v) is 24.5. The lowest BCUT2D eigenvalue weighted by Crippen LogP contribution is -2.49. The Balaban J connectivity index is 1.61. The molecular weight excluding hydrogens is 546 g/mol. The number of fused-ring (bicyclic) bond motifs is 1. The smallest absolute Gasteiger partial charge is 0.282 e. The Morgan fingerprint density at radius 1 is 1.07 bits per heavy atom. The average Bonchev–Trinajstić information content (AvgIpc) is 3.37. The molecule has 2 aromatic heterocycles. The third-order valence-electron chi connectivity index (χ3n) is 7.39. The van der Waals surface area contributed by atoms with Gasteiger partial charge in [-0.25, -0.2) is 13.4 Å². The predicted octanol–water partition coefficient (Wildman–Crippen LogP) is 1.47. The van der Waals surface area contributed by atoms with Gasteiger partial charge in [0.2, 0.25) is 10.0 Å². The first kappa shape index (κ1) is 29.0. The normalized spacial score (nSPS) is 16.6. The molecule has 5 rings (SSSR count). The van der Waals surface area contributed by atoms with Gasteiger partial charge in [0.15, 0.2) is 5.52 Å². The van der Waals surface area contributed by atoms with Gasteiger partial charge in [-0.1, -0.05) is 26.0 Å². The molecule has 0 radical (unpaired) electrons. The zero-order chi connectivity index (χ0) is 29.1. The van der Waals surface area contributed by atoms with E-state index in [0.717, 1.165) is 12.1 Å². The second-order valence-corrected chi connectivity index (χ2v) is 12.0. The molecule has 41 heavy (non-hydrogen) atoms. The summed E-state index contributed by atoms with van der Waals surface area (Å²) in [5.74, 6) is 0.761. The van der Waals surface area contributed by atoms with E-state index in [1.807, 2.05) is 48.2 Å². The maximum atomic E-state index is 13.7. The first-order valence-corrected chi connectivity index (χ1v) is 15.4. The highest BCUT2D eigenvalue weighted by atomic mass is 32.2. The molecule has 2 aliphatic heterocycles. The first-order valence-electron chi connectivity index (χ1n) is 14.0. The molecule has 220 valence electrons. The van der Waals surface area contributed by atoms with E-state index in [0.29, 0.717) is 75.0 Å². The van der Waals surface area contributed by atoms with Crippen LogP contribution in [0, 0.1) is 0 Å². The summed E-state index contributed by atoms with van der Waals surface area (Å²) in [5, 5.41) is 15.8. The lowest BCUT2D eigenvalue weighted by atomic mass is 10.1. The Kier molecular flexibility index (Phi) is 8.59. The van der Waals surface area contributed by atoms with Gasteiger partial charge >= 0.3 is 0 Å². The van der Waals surface area contributed by atoms with Crippen LogP contribution in [0.2, 0.25) is 0 Å². The van der Waals surface area contributed by atoms with Gasteiger partial charge in [0, 0.05) is 46.0 Å². The number of aliphatic hydroxyl groups is 1. The molecule has 0 amide bonds. The van der Waals surface area contributed by atoms with Crippen molar-refractivity contribution in [1.29, 1.82) is 0 Å². The number of benzene rings is 1. The number of ether oxygens (including phenoxy) is 1. The molecule has 1 saturated heterocycles. The highest BCUT2D eigenvalue weighted by Crippen LogP contribution is 2.33. The van der Waals surface area contributed by atoms with Crippen LogP contribution in [0.3, 0.4) is 0 Å². The molecule has 12 nitrogen and oxygen atoms in total. The van der Waals surface area contributed by atoms with Crippen molar-refractivity contribution in [2.45, 2.75) is 31.6 Å². The highest BCUT2D eigenvalue weighted by molar-refractivity contribution is 7.89. The number of aryl methyl sites for hydroxylation is 1. The lowest BCUT2D eigenvalue weighted by Gasteiger charge is -2.33. The third-order valence-corrected chi connectivity index (χ3v) is 9.29. The fraction of sp³-hybridized carbons (Fsp3) is 0.464. The summed E-state index contributed by atoms with van der Waals surface area (Å²) in [4.78, 5) is 22.4. The van der Waals surface area contributed by atoms with Crippen LogP contribution in [0.1, 0.15) is 26.0 Å². The summed E-state index contributed by atoms with van der Waals surface area (Å²) >= 11 is 0. The number of rotatable bonds is 10. The van der Waals surface area contributed by atoms with E-state index < -0.39 is 10.0 Å². The molecule has 0 spiro atoms. The van der Waals surface area contributed by atoms with Gasteiger partial charge in [-0.05, 0) is 37.1 Å². The molecule has 1 N–H and O–H groups in total. The molecule has 0 bridgehead atoms. The summed E-state index contributed by atoms with van der Waals surface area (Å²) in [6, 6.07) is 4.75. The van der Waals surface area contributed by atoms with Crippen LogP contribution in [-0.4, -0.2) is 94.7 Å². The van der Waals surface area contributed by atoms with Crippen LogP contribution in [-0.2, 0) is 23.5 Å². The maximum absolute atomic E-state index is 13.7. The summed E-state index contributed by atoms with van der Waals surface area (Å²) in [5.41, 5.74) is 1.60. The van der Waals surface area contributed by atoms with E-state index in [1.165, 1.54) is 8.87 Å². The van der Waals surface area contributed by atoms with Crippen LogP contribution in [0.15, 0.2) is 52.3 Å². The van der Waals surface area contributed by atoms with E-state index in [-0.39, 0.29) is 22.6 Å². The Labute approximate surface area is 239 Å². The van der Waals surface area contributed by atoms with Gasteiger partial charge in [0.1, 0.15) is 17.1 Å². The van der Waals surface area contributed by atoms with Crippen LogP contribution in [0.5, 0.6) is 5.75 Å². The van der Waals surface area contributed by atoms with Gasteiger partial charge in [-0.2, -0.15) is 9.10 Å². The molecule has 4 heterocycles. The van der Waals surface area contributed by atoms with Crippen LogP contribution in [0.25, 0.3) is 22.4 Å². The molecule has 1 aromatic carbocycles. The molecule has 0 atom stereocenters. The van der Waals surface area contributed by atoms with Crippen molar-refractivity contribution in [2.24, 2.45) is 7.05 Å². The van der Waals surface area contributed by atoms with Crippen molar-refractivity contribution < 1.29 is 18.3 Å². The van der Waals surface area contributed by atoms with E-state index in [1.54, 1.807) is 30.0 Å². The second-order valence-electron chi connectivity index (χ2n) is 10.1. The molecule has 13 heteroatoms. The van der Waals surface area contributed by atoms with Crippen LogP contribution >= 0.6 is 0 Å². The number of nitrogens with zero attached hydrogens (tertiary/aromatic N) is 7. The van der Waals surface area contributed by atoms with E-state index in [4.69, 9.17) is 9.72 Å². The fourth-order valence-electron chi connectivity index (χ4n) is 5.16.